The smallest absolute Gasteiger partial charge is 0.410 e. The van der Waals surface area contributed by atoms with Gasteiger partial charge in [-0.05, 0) is 29.7 Å². The van der Waals surface area contributed by atoms with Crippen molar-refractivity contribution in [3.05, 3.63) is 65.7 Å². The first-order valence-electron chi connectivity index (χ1n) is 10.6. The number of halogens is 1. The minimum atomic E-state index is -1.27. The van der Waals surface area contributed by atoms with Crippen molar-refractivity contribution in [2.24, 2.45) is 0 Å². The van der Waals surface area contributed by atoms with Crippen molar-refractivity contribution in [3.8, 4) is 5.75 Å². The van der Waals surface area contributed by atoms with Crippen molar-refractivity contribution in [2.45, 2.75) is 43.5 Å². The molecule has 0 aromatic heterocycles. The molecule has 0 radical (unpaired) electrons. The van der Waals surface area contributed by atoms with Crippen molar-refractivity contribution in [3.63, 3.8) is 0 Å². The Balaban J connectivity index is 1.18. The van der Waals surface area contributed by atoms with Gasteiger partial charge in [-0.3, -0.25) is 0 Å². The summed E-state index contributed by atoms with van der Waals surface area (Å²) in [6.07, 6.45) is 1.34. The second-order valence-corrected chi connectivity index (χ2v) is 8.28. The van der Waals surface area contributed by atoms with Crippen LogP contribution >= 0.6 is 0 Å². The van der Waals surface area contributed by atoms with Gasteiger partial charge in [-0.2, -0.15) is 0 Å². The second-order valence-electron chi connectivity index (χ2n) is 8.28. The van der Waals surface area contributed by atoms with Gasteiger partial charge in [-0.1, -0.05) is 42.5 Å². The lowest BCUT2D eigenvalue weighted by molar-refractivity contribution is 0.0408. The SMILES string of the molecule is COc1ccc(COC(=O)N2CCC(F)(CNC3CC3c3ccccc3)CC2)cc1. The highest BCUT2D eigenvalue weighted by atomic mass is 19.1. The maximum Gasteiger partial charge on any atom is 0.410 e. The van der Waals surface area contributed by atoms with Crippen molar-refractivity contribution in [1.82, 2.24) is 10.2 Å². The zero-order valence-electron chi connectivity index (χ0n) is 17.4. The highest BCUT2D eigenvalue weighted by Crippen LogP contribution is 2.41. The number of carbonyl (C=O) groups is 1. The highest BCUT2D eigenvalue weighted by molar-refractivity contribution is 5.67. The minimum absolute atomic E-state index is 0.199. The Labute approximate surface area is 177 Å². The Morgan fingerprint density at radius 2 is 1.83 bits per heavy atom. The molecule has 2 aliphatic rings. The van der Waals surface area contributed by atoms with E-state index in [-0.39, 0.29) is 12.7 Å². The lowest BCUT2D eigenvalue weighted by atomic mass is 9.93. The molecule has 0 bridgehead atoms. The topological polar surface area (TPSA) is 50.8 Å². The van der Waals surface area contributed by atoms with Crippen molar-refractivity contribution < 1.29 is 18.7 Å². The van der Waals surface area contributed by atoms with E-state index in [4.69, 9.17) is 9.47 Å². The second kappa shape index (κ2) is 9.04. The number of hydrogen-bond acceptors (Lipinski definition) is 4. The third-order valence-electron chi connectivity index (χ3n) is 6.14. The summed E-state index contributed by atoms with van der Waals surface area (Å²) in [5.41, 5.74) is 0.941. The molecule has 1 amide bonds. The van der Waals surface area contributed by atoms with Gasteiger partial charge in [-0.25, -0.2) is 9.18 Å². The van der Waals surface area contributed by atoms with E-state index in [1.54, 1.807) is 12.0 Å². The predicted molar refractivity (Wildman–Crippen MR) is 113 cm³/mol. The summed E-state index contributed by atoms with van der Waals surface area (Å²) >= 11 is 0. The zero-order valence-corrected chi connectivity index (χ0v) is 17.4. The first kappa shape index (κ1) is 20.7. The van der Waals surface area contributed by atoms with Crippen LogP contribution in [-0.2, 0) is 11.3 Å². The number of hydrogen-bond donors (Lipinski definition) is 1. The molecule has 5 nitrogen and oxygen atoms in total. The number of rotatable bonds is 7. The van der Waals surface area contributed by atoms with E-state index < -0.39 is 5.67 Å². The van der Waals surface area contributed by atoms with Gasteiger partial charge in [0.2, 0.25) is 0 Å². The lowest BCUT2D eigenvalue weighted by Crippen LogP contribution is -2.49. The Morgan fingerprint density at radius 3 is 2.50 bits per heavy atom. The van der Waals surface area contributed by atoms with Crippen LogP contribution in [0, 0.1) is 0 Å². The molecule has 4 rings (SSSR count). The van der Waals surface area contributed by atoms with Gasteiger partial charge in [0.05, 0.1) is 7.11 Å². The molecule has 1 N–H and O–H groups in total. The molecule has 1 aliphatic carbocycles. The van der Waals surface area contributed by atoms with Gasteiger partial charge < -0.3 is 19.7 Å². The Hall–Kier alpha value is -2.60. The van der Waals surface area contributed by atoms with Crippen LogP contribution < -0.4 is 10.1 Å². The number of methoxy groups -OCH3 is 1. The molecule has 2 aromatic carbocycles. The Morgan fingerprint density at radius 1 is 1.13 bits per heavy atom. The van der Waals surface area contributed by atoms with E-state index >= 15 is 4.39 Å². The van der Waals surface area contributed by atoms with Gasteiger partial charge >= 0.3 is 6.09 Å². The number of likely N-dealkylation sites (tertiary alicyclic amines) is 1. The first-order valence-corrected chi connectivity index (χ1v) is 10.6. The predicted octanol–water partition coefficient (Wildman–Crippen LogP) is 4.28. The third kappa shape index (κ3) is 5.11. The van der Waals surface area contributed by atoms with E-state index in [1.165, 1.54) is 5.56 Å². The van der Waals surface area contributed by atoms with Crippen LogP contribution in [0.4, 0.5) is 9.18 Å². The van der Waals surface area contributed by atoms with Crippen molar-refractivity contribution in [2.75, 3.05) is 26.7 Å². The van der Waals surface area contributed by atoms with Crippen LogP contribution in [-0.4, -0.2) is 49.4 Å². The summed E-state index contributed by atoms with van der Waals surface area (Å²) < 4.78 is 25.7. The number of benzene rings is 2. The van der Waals surface area contributed by atoms with E-state index in [0.29, 0.717) is 44.4 Å². The van der Waals surface area contributed by atoms with Crippen molar-refractivity contribution in [1.29, 1.82) is 0 Å². The third-order valence-corrected chi connectivity index (χ3v) is 6.14. The van der Waals surface area contributed by atoms with Crippen LogP contribution in [0.5, 0.6) is 5.75 Å². The van der Waals surface area contributed by atoms with Crippen molar-refractivity contribution >= 4 is 6.09 Å². The molecule has 160 valence electrons. The monoisotopic (exact) mass is 412 g/mol. The van der Waals surface area contributed by atoms with E-state index in [2.05, 4.69) is 17.4 Å². The van der Waals surface area contributed by atoms with E-state index in [9.17, 15) is 4.79 Å². The quantitative estimate of drug-likeness (QED) is 0.738. The van der Waals surface area contributed by atoms with Crippen LogP contribution in [0.3, 0.4) is 0 Å². The number of amides is 1. The van der Waals surface area contributed by atoms with Gasteiger partial charge in [0.1, 0.15) is 18.0 Å². The summed E-state index contributed by atoms with van der Waals surface area (Å²) in [5.74, 6) is 1.25. The zero-order chi connectivity index (χ0) is 21.0. The molecule has 2 fully saturated rings. The standard InChI is InChI=1S/C24H29FN2O3/c1-29-20-9-7-18(8-10-20)16-30-23(28)27-13-11-24(25,12-14-27)17-26-22-15-21(22)19-5-3-2-4-6-19/h2-10,21-22,26H,11-17H2,1H3. The summed E-state index contributed by atoms with van der Waals surface area (Å²) in [7, 11) is 1.61. The summed E-state index contributed by atoms with van der Waals surface area (Å²) in [6, 6.07) is 18.1. The Bertz CT molecular complexity index is 835. The van der Waals surface area contributed by atoms with Gasteiger partial charge in [0, 0.05) is 44.4 Å². The lowest BCUT2D eigenvalue weighted by Gasteiger charge is -2.36. The van der Waals surface area contributed by atoms with Crippen LogP contribution in [0.15, 0.2) is 54.6 Å². The molecule has 1 saturated heterocycles. The number of nitrogens with one attached hydrogen (secondary N) is 1. The number of alkyl halides is 1. The molecule has 0 spiro atoms. The average Bonchev–Trinajstić information content (AvgIpc) is 3.57. The highest BCUT2D eigenvalue weighted by Gasteiger charge is 2.42. The molecule has 2 atom stereocenters. The normalized spacial score (nSPS) is 22.4. The van der Waals surface area contributed by atoms with Crippen LogP contribution in [0.1, 0.15) is 36.3 Å². The van der Waals surface area contributed by atoms with Gasteiger partial charge in [0.25, 0.3) is 0 Å². The summed E-state index contributed by atoms with van der Waals surface area (Å²) in [4.78, 5) is 13.9. The fraction of sp³-hybridized carbons (Fsp3) is 0.458. The molecule has 1 saturated carbocycles. The minimum Gasteiger partial charge on any atom is -0.497 e. The molecular weight excluding hydrogens is 383 g/mol. The number of carbonyl (C=O) groups excluding carboxylic acids is 1. The maximum atomic E-state index is 15.2. The fourth-order valence-corrected chi connectivity index (χ4v) is 4.03. The molecule has 2 aromatic rings. The van der Waals surface area contributed by atoms with E-state index in [1.807, 2.05) is 42.5 Å². The van der Waals surface area contributed by atoms with E-state index in [0.717, 1.165) is 17.7 Å². The summed E-state index contributed by atoms with van der Waals surface area (Å²) in [5, 5.41) is 3.40. The molecule has 2 unspecified atom stereocenters. The average molecular weight is 413 g/mol. The van der Waals surface area contributed by atoms with Gasteiger partial charge in [0.15, 0.2) is 0 Å². The molecule has 6 heteroatoms. The molecule has 1 heterocycles. The molecule has 30 heavy (non-hydrogen) atoms. The van der Waals surface area contributed by atoms with Crippen LogP contribution in [0.25, 0.3) is 0 Å². The number of piperidine rings is 1. The van der Waals surface area contributed by atoms with Gasteiger partial charge in [-0.15, -0.1) is 0 Å². The summed E-state index contributed by atoms with van der Waals surface area (Å²) in [6.45, 7) is 1.30. The number of ether oxygens (including phenoxy) is 2. The molecular formula is C24H29FN2O3. The number of nitrogens with zero attached hydrogens (tertiary/aromatic N) is 1. The van der Waals surface area contributed by atoms with Crippen LogP contribution in [0.2, 0.25) is 0 Å². The maximum absolute atomic E-state index is 15.2. The largest absolute Gasteiger partial charge is 0.497 e. The first-order chi connectivity index (χ1) is 14.6. The molecule has 1 aliphatic heterocycles. The Kier molecular flexibility index (Phi) is 6.23. The fourth-order valence-electron chi connectivity index (χ4n) is 4.03.